The van der Waals surface area contributed by atoms with E-state index in [4.69, 9.17) is 16.3 Å². The predicted octanol–water partition coefficient (Wildman–Crippen LogP) is 5.51. The van der Waals surface area contributed by atoms with E-state index in [2.05, 4.69) is 5.32 Å². The molecule has 0 unspecified atom stereocenters. The Hall–Kier alpha value is -3.09. The molecular weight excluding hydrogens is 420 g/mol. The molecule has 0 saturated carbocycles. The average Bonchev–Trinajstić information content (AvgIpc) is 3.33. The van der Waals surface area contributed by atoms with Crippen LogP contribution in [0.4, 0.5) is 11.4 Å². The van der Waals surface area contributed by atoms with Crippen molar-refractivity contribution in [3.8, 4) is 5.75 Å². The smallest absolute Gasteiger partial charge is 0.282 e. The highest BCUT2D eigenvalue weighted by Gasteiger charge is 2.40. The van der Waals surface area contributed by atoms with Crippen LogP contribution in [-0.4, -0.2) is 18.4 Å². The van der Waals surface area contributed by atoms with Gasteiger partial charge in [0.05, 0.1) is 17.9 Å². The van der Waals surface area contributed by atoms with Gasteiger partial charge in [-0.3, -0.25) is 9.59 Å². The lowest BCUT2D eigenvalue weighted by atomic mass is 10.1. The van der Waals surface area contributed by atoms with Gasteiger partial charge in [0.2, 0.25) is 0 Å². The van der Waals surface area contributed by atoms with Crippen LogP contribution in [0.2, 0.25) is 5.02 Å². The normalized spacial score (nSPS) is 13.9. The van der Waals surface area contributed by atoms with Crippen LogP contribution in [0.25, 0.3) is 5.57 Å². The Balaban J connectivity index is 1.73. The minimum atomic E-state index is -0.419. The highest BCUT2D eigenvalue weighted by atomic mass is 35.5. The van der Waals surface area contributed by atoms with Gasteiger partial charge in [-0.15, -0.1) is 11.3 Å². The highest BCUT2D eigenvalue weighted by Crippen LogP contribution is 2.36. The number of halogens is 1. The molecule has 0 aliphatic carbocycles. The van der Waals surface area contributed by atoms with Crippen molar-refractivity contribution in [2.45, 2.75) is 13.8 Å². The second kappa shape index (κ2) is 8.34. The van der Waals surface area contributed by atoms with Gasteiger partial charge in [-0.25, -0.2) is 4.90 Å². The predicted molar refractivity (Wildman–Crippen MR) is 121 cm³/mol. The maximum absolute atomic E-state index is 13.3. The van der Waals surface area contributed by atoms with Gasteiger partial charge < -0.3 is 10.1 Å². The van der Waals surface area contributed by atoms with Gasteiger partial charge in [0.1, 0.15) is 11.4 Å². The number of rotatable bonds is 6. The van der Waals surface area contributed by atoms with Crippen molar-refractivity contribution in [1.82, 2.24) is 0 Å². The number of benzene rings is 2. The van der Waals surface area contributed by atoms with Gasteiger partial charge in [0.15, 0.2) is 0 Å². The van der Waals surface area contributed by atoms with E-state index in [1.807, 2.05) is 55.6 Å². The van der Waals surface area contributed by atoms with Gasteiger partial charge in [0.25, 0.3) is 11.8 Å². The first-order chi connectivity index (χ1) is 14.5. The standard InChI is InChI=1S/C23H19ClN2O3S/c1-3-29-17-10-7-15(8-11-17)25-21-20(19-5-4-12-30-19)22(27)26(23(21)28)16-9-6-14(2)18(24)13-16/h4-13,25H,3H2,1-2H3. The maximum Gasteiger partial charge on any atom is 0.282 e. The van der Waals surface area contributed by atoms with Crippen molar-refractivity contribution < 1.29 is 14.3 Å². The van der Waals surface area contributed by atoms with Crippen LogP contribution >= 0.6 is 22.9 Å². The molecule has 30 heavy (non-hydrogen) atoms. The number of imide groups is 1. The summed E-state index contributed by atoms with van der Waals surface area (Å²) in [5.41, 5.74) is 2.59. The van der Waals surface area contributed by atoms with Crippen molar-refractivity contribution in [2.24, 2.45) is 0 Å². The minimum Gasteiger partial charge on any atom is -0.494 e. The molecule has 2 amide bonds. The molecule has 1 aromatic heterocycles. The van der Waals surface area contributed by atoms with E-state index in [1.165, 1.54) is 11.3 Å². The average molecular weight is 439 g/mol. The quantitative estimate of drug-likeness (QED) is 0.516. The third kappa shape index (κ3) is 3.72. The fraction of sp³-hybridized carbons (Fsp3) is 0.130. The fourth-order valence-corrected chi connectivity index (χ4v) is 4.14. The van der Waals surface area contributed by atoms with Crippen LogP contribution in [0.15, 0.2) is 65.7 Å². The van der Waals surface area contributed by atoms with E-state index in [1.54, 1.807) is 18.2 Å². The molecular formula is C23H19ClN2O3S. The van der Waals surface area contributed by atoms with Gasteiger partial charge in [0, 0.05) is 15.6 Å². The van der Waals surface area contributed by atoms with Crippen LogP contribution in [0.1, 0.15) is 17.4 Å². The molecule has 1 aliphatic rings. The largest absolute Gasteiger partial charge is 0.494 e. The number of ether oxygens (including phenoxy) is 1. The summed E-state index contributed by atoms with van der Waals surface area (Å²) in [6, 6.07) is 16.1. The van der Waals surface area contributed by atoms with E-state index < -0.39 is 5.91 Å². The molecule has 1 aliphatic heterocycles. The number of thiophene rings is 1. The fourth-order valence-electron chi connectivity index (χ4n) is 3.20. The van der Waals surface area contributed by atoms with Gasteiger partial charge >= 0.3 is 0 Å². The van der Waals surface area contributed by atoms with E-state index in [9.17, 15) is 9.59 Å². The Bertz CT molecular complexity index is 1140. The first kappa shape index (κ1) is 20.2. The molecule has 3 aromatic rings. The van der Waals surface area contributed by atoms with E-state index >= 15 is 0 Å². The lowest BCUT2D eigenvalue weighted by Gasteiger charge is -2.16. The van der Waals surface area contributed by atoms with Crippen LogP contribution in [0.3, 0.4) is 0 Å². The number of nitrogens with zero attached hydrogens (tertiary/aromatic N) is 1. The van der Waals surface area contributed by atoms with E-state index in [0.29, 0.717) is 28.6 Å². The SMILES string of the molecule is CCOc1ccc(NC2=C(c3cccs3)C(=O)N(c3ccc(C)c(Cl)c3)C2=O)cc1. The van der Waals surface area contributed by atoms with Crippen molar-refractivity contribution in [3.63, 3.8) is 0 Å². The second-order valence-corrected chi connectivity index (χ2v) is 8.04. The number of carbonyl (C=O) groups excluding carboxylic acids is 2. The molecule has 1 N–H and O–H groups in total. The Kier molecular flexibility index (Phi) is 5.61. The zero-order valence-corrected chi connectivity index (χ0v) is 18.0. The Labute approximate surface area is 183 Å². The number of anilines is 2. The molecule has 5 nitrogen and oxygen atoms in total. The Morgan fingerprint density at radius 1 is 1.07 bits per heavy atom. The number of amides is 2. The lowest BCUT2D eigenvalue weighted by Crippen LogP contribution is -2.32. The van der Waals surface area contributed by atoms with E-state index in [-0.39, 0.29) is 11.6 Å². The number of carbonyl (C=O) groups is 2. The summed E-state index contributed by atoms with van der Waals surface area (Å²) in [5, 5.41) is 5.51. The molecule has 4 rings (SSSR count). The van der Waals surface area contributed by atoms with Crippen LogP contribution < -0.4 is 15.0 Å². The topological polar surface area (TPSA) is 58.6 Å². The number of hydrogen-bond acceptors (Lipinski definition) is 5. The zero-order valence-electron chi connectivity index (χ0n) is 16.4. The zero-order chi connectivity index (χ0) is 21.3. The third-order valence-corrected chi connectivity index (χ3v) is 5.99. The summed E-state index contributed by atoms with van der Waals surface area (Å²) in [5.74, 6) is -0.0618. The molecule has 7 heteroatoms. The summed E-state index contributed by atoms with van der Waals surface area (Å²) in [4.78, 5) is 28.5. The number of aryl methyl sites for hydroxylation is 1. The van der Waals surface area contributed by atoms with E-state index in [0.717, 1.165) is 21.1 Å². The maximum atomic E-state index is 13.3. The molecule has 0 bridgehead atoms. The number of hydrogen-bond donors (Lipinski definition) is 1. The van der Waals surface area contributed by atoms with Crippen molar-refractivity contribution in [3.05, 3.63) is 81.1 Å². The molecule has 0 atom stereocenters. The lowest BCUT2D eigenvalue weighted by molar-refractivity contribution is -0.120. The summed E-state index contributed by atoms with van der Waals surface area (Å²) in [6.45, 7) is 4.36. The van der Waals surface area contributed by atoms with Crippen molar-refractivity contribution >= 4 is 51.7 Å². The molecule has 0 saturated heterocycles. The first-order valence-corrected chi connectivity index (χ1v) is 10.7. The van der Waals surface area contributed by atoms with Crippen LogP contribution in [-0.2, 0) is 9.59 Å². The molecule has 0 spiro atoms. The molecule has 2 aromatic carbocycles. The van der Waals surface area contributed by atoms with Crippen LogP contribution in [0, 0.1) is 6.92 Å². The van der Waals surface area contributed by atoms with Gasteiger partial charge in [-0.05, 0) is 67.3 Å². The summed E-state index contributed by atoms with van der Waals surface area (Å²) in [7, 11) is 0. The Morgan fingerprint density at radius 3 is 2.47 bits per heavy atom. The monoisotopic (exact) mass is 438 g/mol. The second-order valence-electron chi connectivity index (χ2n) is 6.69. The first-order valence-electron chi connectivity index (χ1n) is 9.42. The number of nitrogens with one attached hydrogen (secondary N) is 1. The van der Waals surface area contributed by atoms with Crippen molar-refractivity contribution in [1.29, 1.82) is 0 Å². The summed E-state index contributed by atoms with van der Waals surface area (Å²) < 4.78 is 5.46. The Morgan fingerprint density at radius 2 is 1.83 bits per heavy atom. The van der Waals surface area contributed by atoms with Crippen LogP contribution in [0.5, 0.6) is 5.75 Å². The molecule has 2 heterocycles. The van der Waals surface area contributed by atoms with Gasteiger partial charge in [-0.1, -0.05) is 23.7 Å². The molecule has 0 fully saturated rings. The molecule has 152 valence electrons. The highest BCUT2D eigenvalue weighted by molar-refractivity contribution is 7.11. The minimum absolute atomic E-state index is 0.239. The van der Waals surface area contributed by atoms with Gasteiger partial charge in [-0.2, -0.15) is 0 Å². The molecule has 0 radical (unpaired) electrons. The van der Waals surface area contributed by atoms with Crippen molar-refractivity contribution in [2.75, 3.05) is 16.8 Å². The summed E-state index contributed by atoms with van der Waals surface area (Å²) >= 11 is 7.65. The summed E-state index contributed by atoms with van der Waals surface area (Å²) in [6.07, 6.45) is 0. The third-order valence-electron chi connectivity index (χ3n) is 4.70.